The molecule has 2 saturated heterocycles. The number of amides is 1. The van der Waals surface area contributed by atoms with Crippen molar-refractivity contribution in [3.8, 4) is 0 Å². The Bertz CT molecular complexity index is 346. The molecule has 1 spiro atoms. The molecule has 1 amide bonds. The topological polar surface area (TPSA) is 63.2 Å². The highest BCUT2D eigenvalue weighted by molar-refractivity contribution is 7.91. The third-order valence-corrected chi connectivity index (χ3v) is 5.28. The van der Waals surface area contributed by atoms with Gasteiger partial charge in [-0.05, 0) is 19.8 Å². The molecule has 80 valence electrons. The first-order valence-electron chi connectivity index (χ1n) is 4.93. The lowest BCUT2D eigenvalue weighted by atomic mass is 9.76. The molecule has 0 bridgehead atoms. The smallest absolute Gasteiger partial charge is 0.220 e. The van der Waals surface area contributed by atoms with Gasteiger partial charge in [-0.2, -0.15) is 0 Å². The molecule has 0 aromatic heterocycles. The summed E-state index contributed by atoms with van der Waals surface area (Å²) < 4.78 is 22.5. The molecule has 0 aliphatic carbocycles. The number of carbonyl (C=O) groups excluding carboxylic acids is 1. The molecule has 1 unspecified atom stereocenters. The fourth-order valence-electron chi connectivity index (χ4n) is 2.47. The van der Waals surface area contributed by atoms with Gasteiger partial charge in [0.2, 0.25) is 5.91 Å². The standard InChI is InChI=1S/C9H15NO3S/c1-7-9(6-8(11)10-7)2-4-14(12,13)5-3-9/h7H,2-6H2,1H3,(H,10,11). The fourth-order valence-corrected chi connectivity index (χ4v) is 4.11. The lowest BCUT2D eigenvalue weighted by Crippen LogP contribution is -2.41. The Balaban J connectivity index is 2.17. The Kier molecular flexibility index (Phi) is 2.10. The summed E-state index contributed by atoms with van der Waals surface area (Å²) in [5.41, 5.74) is -0.0809. The van der Waals surface area contributed by atoms with E-state index in [1.54, 1.807) is 0 Å². The van der Waals surface area contributed by atoms with E-state index in [0.717, 1.165) is 0 Å². The van der Waals surface area contributed by atoms with Gasteiger partial charge in [0, 0.05) is 17.9 Å². The number of nitrogens with one attached hydrogen (secondary N) is 1. The highest BCUT2D eigenvalue weighted by atomic mass is 32.2. The minimum absolute atomic E-state index is 0.0665. The fraction of sp³-hybridized carbons (Fsp3) is 0.889. The molecule has 0 aromatic carbocycles. The molecule has 2 heterocycles. The number of sulfone groups is 1. The first-order chi connectivity index (χ1) is 6.44. The Morgan fingerprint density at radius 1 is 1.36 bits per heavy atom. The summed E-state index contributed by atoms with van der Waals surface area (Å²) in [5, 5.41) is 2.87. The molecule has 0 radical (unpaired) electrons. The van der Waals surface area contributed by atoms with Crippen molar-refractivity contribution in [1.82, 2.24) is 5.32 Å². The monoisotopic (exact) mass is 217 g/mol. The Hall–Kier alpha value is -0.580. The minimum atomic E-state index is -2.83. The van der Waals surface area contributed by atoms with Crippen LogP contribution in [0.1, 0.15) is 26.2 Å². The highest BCUT2D eigenvalue weighted by Gasteiger charge is 2.47. The van der Waals surface area contributed by atoms with Crippen LogP contribution in [0.4, 0.5) is 0 Å². The molecule has 5 heteroatoms. The van der Waals surface area contributed by atoms with Gasteiger partial charge in [0.05, 0.1) is 11.5 Å². The SMILES string of the molecule is CC1NC(=O)CC12CCS(=O)(=O)CC2. The van der Waals surface area contributed by atoms with E-state index in [1.165, 1.54) is 0 Å². The van der Waals surface area contributed by atoms with Gasteiger partial charge in [0.25, 0.3) is 0 Å². The Labute approximate surface area is 84.0 Å². The van der Waals surface area contributed by atoms with Crippen LogP contribution in [-0.4, -0.2) is 31.9 Å². The van der Waals surface area contributed by atoms with E-state index in [-0.39, 0.29) is 28.9 Å². The van der Waals surface area contributed by atoms with Crippen molar-refractivity contribution in [2.24, 2.45) is 5.41 Å². The van der Waals surface area contributed by atoms with Gasteiger partial charge in [-0.25, -0.2) is 8.42 Å². The Morgan fingerprint density at radius 2 is 1.93 bits per heavy atom. The molecule has 2 fully saturated rings. The third kappa shape index (κ3) is 1.54. The van der Waals surface area contributed by atoms with Crippen LogP contribution in [0, 0.1) is 5.41 Å². The molecule has 2 aliphatic heterocycles. The molecule has 1 atom stereocenters. The molecular formula is C9H15NO3S. The summed E-state index contributed by atoms with van der Waals surface area (Å²) in [6.45, 7) is 1.98. The number of hydrogen-bond donors (Lipinski definition) is 1. The van der Waals surface area contributed by atoms with Crippen LogP contribution in [0.2, 0.25) is 0 Å². The van der Waals surface area contributed by atoms with Crippen molar-refractivity contribution in [2.75, 3.05) is 11.5 Å². The van der Waals surface area contributed by atoms with Crippen LogP contribution in [-0.2, 0) is 14.6 Å². The van der Waals surface area contributed by atoms with Crippen molar-refractivity contribution in [2.45, 2.75) is 32.2 Å². The highest BCUT2D eigenvalue weighted by Crippen LogP contribution is 2.42. The predicted octanol–water partition coefficient (Wildman–Crippen LogP) is 0.0898. The third-order valence-electron chi connectivity index (χ3n) is 3.63. The van der Waals surface area contributed by atoms with Crippen molar-refractivity contribution >= 4 is 15.7 Å². The first kappa shape index (κ1) is 9.96. The second-order valence-corrected chi connectivity index (χ2v) is 6.78. The number of carbonyl (C=O) groups is 1. The molecule has 1 N–H and O–H groups in total. The second-order valence-electron chi connectivity index (χ2n) is 4.48. The van der Waals surface area contributed by atoms with Gasteiger partial charge in [-0.15, -0.1) is 0 Å². The van der Waals surface area contributed by atoms with Gasteiger partial charge in [-0.3, -0.25) is 4.79 Å². The van der Waals surface area contributed by atoms with Gasteiger partial charge in [0.15, 0.2) is 0 Å². The van der Waals surface area contributed by atoms with Crippen LogP contribution in [0.5, 0.6) is 0 Å². The van der Waals surface area contributed by atoms with Crippen LogP contribution in [0.25, 0.3) is 0 Å². The summed E-state index contributed by atoms with van der Waals surface area (Å²) in [5.74, 6) is 0.551. The van der Waals surface area contributed by atoms with E-state index in [0.29, 0.717) is 19.3 Å². The maximum Gasteiger partial charge on any atom is 0.220 e. The van der Waals surface area contributed by atoms with Crippen LogP contribution >= 0.6 is 0 Å². The quantitative estimate of drug-likeness (QED) is 0.625. The average Bonchev–Trinajstić information content (AvgIpc) is 2.35. The molecular weight excluding hydrogens is 202 g/mol. The van der Waals surface area contributed by atoms with Crippen molar-refractivity contribution in [3.05, 3.63) is 0 Å². The molecule has 2 rings (SSSR count). The molecule has 4 nitrogen and oxygen atoms in total. The van der Waals surface area contributed by atoms with Crippen molar-refractivity contribution in [3.63, 3.8) is 0 Å². The predicted molar refractivity (Wildman–Crippen MR) is 52.5 cm³/mol. The number of hydrogen-bond acceptors (Lipinski definition) is 3. The van der Waals surface area contributed by atoms with E-state index in [9.17, 15) is 13.2 Å². The lowest BCUT2D eigenvalue weighted by molar-refractivity contribution is -0.119. The summed E-state index contributed by atoms with van der Waals surface area (Å²) in [6.07, 6.45) is 1.77. The van der Waals surface area contributed by atoms with E-state index < -0.39 is 9.84 Å². The first-order valence-corrected chi connectivity index (χ1v) is 6.76. The zero-order valence-corrected chi connectivity index (χ0v) is 9.06. The molecule has 2 aliphatic rings. The Morgan fingerprint density at radius 3 is 2.36 bits per heavy atom. The molecule has 14 heavy (non-hydrogen) atoms. The largest absolute Gasteiger partial charge is 0.353 e. The van der Waals surface area contributed by atoms with Gasteiger partial charge < -0.3 is 5.32 Å². The molecule has 0 saturated carbocycles. The van der Waals surface area contributed by atoms with Crippen LogP contribution in [0.15, 0.2) is 0 Å². The van der Waals surface area contributed by atoms with E-state index in [2.05, 4.69) is 5.32 Å². The van der Waals surface area contributed by atoms with E-state index in [4.69, 9.17) is 0 Å². The normalized spacial score (nSPS) is 34.4. The molecule has 0 aromatic rings. The zero-order chi connectivity index (χ0) is 10.4. The van der Waals surface area contributed by atoms with Gasteiger partial charge in [-0.1, -0.05) is 0 Å². The van der Waals surface area contributed by atoms with Crippen molar-refractivity contribution < 1.29 is 13.2 Å². The van der Waals surface area contributed by atoms with Crippen molar-refractivity contribution in [1.29, 1.82) is 0 Å². The van der Waals surface area contributed by atoms with E-state index in [1.807, 2.05) is 6.92 Å². The summed E-state index contributed by atoms with van der Waals surface area (Å²) in [6, 6.07) is 0.130. The zero-order valence-electron chi connectivity index (χ0n) is 8.25. The van der Waals surface area contributed by atoms with E-state index >= 15 is 0 Å². The summed E-state index contributed by atoms with van der Waals surface area (Å²) >= 11 is 0. The number of rotatable bonds is 0. The average molecular weight is 217 g/mol. The van der Waals surface area contributed by atoms with Gasteiger partial charge in [0.1, 0.15) is 9.84 Å². The van der Waals surface area contributed by atoms with Gasteiger partial charge >= 0.3 is 0 Å². The lowest BCUT2D eigenvalue weighted by Gasteiger charge is -2.35. The summed E-state index contributed by atoms with van der Waals surface area (Å²) in [7, 11) is -2.83. The van der Waals surface area contributed by atoms with Crippen LogP contribution < -0.4 is 5.32 Å². The second kappa shape index (κ2) is 2.95. The maximum absolute atomic E-state index is 11.3. The minimum Gasteiger partial charge on any atom is -0.353 e. The maximum atomic E-state index is 11.3. The van der Waals surface area contributed by atoms with Crippen LogP contribution in [0.3, 0.4) is 0 Å². The summed E-state index contributed by atoms with van der Waals surface area (Å²) in [4.78, 5) is 11.2.